The second kappa shape index (κ2) is 8.27. The van der Waals surface area contributed by atoms with Crippen molar-refractivity contribution >= 4 is 39.2 Å². The van der Waals surface area contributed by atoms with Gasteiger partial charge in [-0.25, -0.2) is 0 Å². The summed E-state index contributed by atoms with van der Waals surface area (Å²) in [4.78, 5) is 15.0. The Hall–Kier alpha value is -1.43. The number of hydrogen-bond donors (Lipinski definition) is 1. The molecule has 0 radical (unpaired) electrons. The summed E-state index contributed by atoms with van der Waals surface area (Å²) in [6.07, 6.45) is 3.39. The molecular formula is C17H19BrN2OS. The van der Waals surface area contributed by atoms with E-state index < -0.39 is 0 Å². The molecule has 116 valence electrons. The summed E-state index contributed by atoms with van der Waals surface area (Å²) in [5.74, 6) is -0.0816. The molecule has 0 aliphatic rings. The van der Waals surface area contributed by atoms with Crippen molar-refractivity contribution in [3.05, 3.63) is 62.3 Å². The molecule has 2 rings (SSSR count). The standard InChI is InChI=1S/C17H19BrN2OS/c1-20(2)12-14-5-3-13(4-6-14)11-19-17(21)10-8-15-7-9-16(18)22-15/h3-10H,11-12H2,1-2H3,(H,19,21)/b10-8+. The average Bonchev–Trinajstić information content (AvgIpc) is 2.89. The van der Waals surface area contributed by atoms with E-state index in [0.29, 0.717) is 6.54 Å². The molecule has 0 unspecified atom stereocenters. The van der Waals surface area contributed by atoms with Crippen LogP contribution in [0.5, 0.6) is 0 Å². The third-order valence-corrected chi connectivity index (χ3v) is 4.57. The van der Waals surface area contributed by atoms with E-state index in [2.05, 4.69) is 50.4 Å². The van der Waals surface area contributed by atoms with E-state index in [4.69, 9.17) is 0 Å². The van der Waals surface area contributed by atoms with Crippen molar-refractivity contribution in [1.82, 2.24) is 10.2 Å². The van der Waals surface area contributed by atoms with Gasteiger partial charge in [0.1, 0.15) is 0 Å². The van der Waals surface area contributed by atoms with Gasteiger partial charge in [-0.1, -0.05) is 24.3 Å². The minimum Gasteiger partial charge on any atom is -0.348 e. The molecule has 0 saturated carbocycles. The first kappa shape index (κ1) is 16.9. The van der Waals surface area contributed by atoms with Crippen molar-refractivity contribution in [2.75, 3.05) is 14.1 Å². The number of hydrogen-bond acceptors (Lipinski definition) is 3. The highest BCUT2D eigenvalue weighted by Crippen LogP contribution is 2.22. The fourth-order valence-electron chi connectivity index (χ4n) is 1.95. The van der Waals surface area contributed by atoms with E-state index in [1.807, 2.05) is 32.3 Å². The highest BCUT2D eigenvalue weighted by atomic mass is 79.9. The molecule has 0 fully saturated rings. The number of carbonyl (C=O) groups is 1. The first-order valence-corrected chi connectivity index (χ1v) is 8.57. The van der Waals surface area contributed by atoms with Gasteiger partial charge in [0.05, 0.1) is 3.79 Å². The lowest BCUT2D eigenvalue weighted by molar-refractivity contribution is -0.116. The van der Waals surface area contributed by atoms with Crippen molar-refractivity contribution in [2.24, 2.45) is 0 Å². The van der Waals surface area contributed by atoms with Gasteiger partial charge in [0.2, 0.25) is 5.91 Å². The molecule has 1 aromatic heterocycles. The molecule has 0 bridgehead atoms. The maximum absolute atomic E-state index is 11.8. The Balaban J connectivity index is 1.82. The normalized spacial score (nSPS) is 11.3. The van der Waals surface area contributed by atoms with Crippen LogP contribution in [-0.2, 0) is 17.9 Å². The number of halogens is 1. The Bertz CT molecular complexity index is 647. The minimum atomic E-state index is -0.0816. The Labute approximate surface area is 143 Å². The summed E-state index contributed by atoms with van der Waals surface area (Å²) in [6, 6.07) is 12.2. The van der Waals surface area contributed by atoms with Crippen LogP contribution in [0.25, 0.3) is 6.08 Å². The second-order valence-corrected chi connectivity index (χ2v) is 7.74. The van der Waals surface area contributed by atoms with Crippen LogP contribution in [0.2, 0.25) is 0 Å². The van der Waals surface area contributed by atoms with E-state index in [-0.39, 0.29) is 5.91 Å². The Morgan fingerprint density at radius 3 is 2.45 bits per heavy atom. The molecule has 0 aliphatic heterocycles. The van der Waals surface area contributed by atoms with Crippen LogP contribution in [0, 0.1) is 0 Å². The first-order valence-electron chi connectivity index (χ1n) is 6.97. The predicted octanol–water partition coefficient (Wildman–Crippen LogP) is 3.90. The third-order valence-electron chi connectivity index (χ3n) is 2.98. The largest absolute Gasteiger partial charge is 0.348 e. The Morgan fingerprint density at radius 1 is 1.18 bits per heavy atom. The van der Waals surface area contributed by atoms with Crippen molar-refractivity contribution < 1.29 is 4.79 Å². The fraction of sp³-hybridized carbons (Fsp3) is 0.235. The lowest BCUT2D eigenvalue weighted by atomic mass is 10.1. The van der Waals surface area contributed by atoms with E-state index >= 15 is 0 Å². The zero-order valence-corrected chi connectivity index (χ0v) is 15.1. The molecule has 1 amide bonds. The van der Waals surface area contributed by atoms with Crippen LogP contribution in [0.4, 0.5) is 0 Å². The zero-order chi connectivity index (χ0) is 15.9. The second-order valence-electron chi connectivity index (χ2n) is 5.25. The molecule has 0 atom stereocenters. The Morgan fingerprint density at radius 2 is 1.86 bits per heavy atom. The fourth-order valence-corrected chi connectivity index (χ4v) is 3.28. The van der Waals surface area contributed by atoms with Gasteiger partial charge in [0.25, 0.3) is 0 Å². The van der Waals surface area contributed by atoms with Crippen molar-refractivity contribution in [3.8, 4) is 0 Å². The molecule has 0 aliphatic carbocycles. The topological polar surface area (TPSA) is 32.3 Å². The van der Waals surface area contributed by atoms with E-state index in [1.165, 1.54) is 5.56 Å². The summed E-state index contributed by atoms with van der Waals surface area (Å²) in [6.45, 7) is 1.46. The molecule has 2 aromatic rings. The van der Waals surface area contributed by atoms with Crippen LogP contribution in [0.1, 0.15) is 16.0 Å². The summed E-state index contributed by atoms with van der Waals surface area (Å²) in [5.41, 5.74) is 2.37. The lowest BCUT2D eigenvalue weighted by Gasteiger charge is -2.10. The van der Waals surface area contributed by atoms with Gasteiger partial charge in [-0.2, -0.15) is 0 Å². The quantitative estimate of drug-likeness (QED) is 0.772. The zero-order valence-electron chi connectivity index (χ0n) is 12.7. The molecular weight excluding hydrogens is 360 g/mol. The summed E-state index contributed by atoms with van der Waals surface area (Å²) >= 11 is 5.00. The van der Waals surface area contributed by atoms with Crippen LogP contribution in [0.15, 0.2) is 46.3 Å². The van der Waals surface area contributed by atoms with Gasteiger partial charge in [-0.05, 0) is 59.4 Å². The number of thiophene rings is 1. The third kappa shape index (κ3) is 5.75. The molecule has 1 aromatic carbocycles. The summed E-state index contributed by atoms with van der Waals surface area (Å²) < 4.78 is 1.06. The molecule has 0 spiro atoms. The van der Waals surface area contributed by atoms with E-state index in [0.717, 1.165) is 20.8 Å². The maximum atomic E-state index is 11.8. The van der Waals surface area contributed by atoms with Crippen molar-refractivity contribution in [3.63, 3.8) is 0 Å². The molecule has 22 heavy (non-hydrogen) atoms. The van der Waals surface area contributed by atoms with Crippen LogP contribution < -0.4 is 5.32 Å². The molecule has 3 nitrogen and oxygen atoms in total. The number of benzene rings is 1. The van der Waals surface area contributed by atoms with Gasteiger partial charge < -0.3 is 10.2 Å². The highest BCUT2D eigenvalue weighted by molar-refractivity contribution is 9.11. The molecule has 1 N–H and O–H groups in total. The lowest BCUT2D eigenvalue weighted by Crippen LogP contribution is -2.20. The van der Waals surface area contributed by atoms with Crippen LogP contribution >= 0.6 is 27.3 Å². The number of nitrogens with zero attached hydrogens (tertiary/aromatic N) is 1. The average molecular weight is 379 g/mol. The molecule has 0 saturated heterocycles. The van der Waals surface area contributed by atoms with Crippen LogP contribution in [-0.4, -0.2) is 24.9 Å². The SMILES string of the molecule is CN(C)Cc1ccc(CNC(=O)/C=C/c2ccc(Br)s2)cc1. The van der Waals surface area contributed by atoms with Crippen molar-refractivity contribution in [2.45, 2.75) is 13.1 Å². The predicted molar refractivity (Wildman–Crippen MR) is 96.7 cm³/mol. The van der Waals surface area contributed by atoms with Gasteiger partial charge in [-0.15, -0.1) is 11.3 Å². The van der Waals surface area contributed by atoms with E-state index in [1.54, 1.807) is 17.4 Å². The summed E-state index contributed by atoms with van der Waals surface area (Å²) in [5, 5.41) is 2.89. The molecule has 5 heteroatoms. The van der Waals surface area contributed by atoms with Gasteiger partial charge in [0, 0.05) is 24.0 Å². The monoisotopic (exact) mass is 378 g/mol. The molecule has 1 heterocycles. The smallest absolute Gasteiger partial charge is 0.244 e. The maximum Gasteiger partial charge on any atom is 0.244 e. The summed E-state index contributed by atoms with van der Waals surface area (Å²) in [7, 11) is 4.10. The number of carbonyl (C=O) groups excluding carboxylic acids is 1. The van der Waals surface area contributed by atoms with Crippen LogP contribution in [0.3, 0.4) is 0 Å². The number of nitrogens with one attached hydrogen (secondary N) is 1. The van der Waals surface area contributed by atoms with Gasteiger partial charge in [-0.3, -0.25) is 4.79 Å². The van der Waals surface area contributed by atoms with Crippen molar-refractivity contribution in [1.29, 1.82) is 0 Å². The minimum absolute atomic E-state index is 0.0816. The first-order chi connectivity index (χ1) is 10.5. The number of rotatable bonds is 6. The van der Waals surface area contributed by atoms with Gasteiger partial charge in [0.15, 0.2) is 0 Å². The van der Waals surface area contributed by atoms with Gasteiger partial charge >= 0.3 is 0 Å². The highest BCUT2D eigenvalue weighted by Gasteiger charge is 1.99. The number of amides is 1. The van der Waals surface area contributed by atoms with E-state index in [9.17, 15) is 4.79 Å². The Kier molecular flexibility index (Phi) is 6.36.